The van der Waals surface area contributed by atoms with Crippen LogP contribution in [0, 0.1) is 0 Å². The first kappa shape index (κ1) is 14.0. The Bertz CT molecular complexity index is 585. The molecule has 2 aromatic rings. The summed E-state index contributed by atoms with van der Waals surface area (Å²) >= 11 is 7.55. The smallest absolute Gasteiger partial charge is 0.225 e. The molecule has 1 unspecified atom stereocenters. The second kappa shape index (κ2) is 6.22. The molecule has 0 saturated carbocycles. The van der Waals surface area contributed by atoms with Gasteiger partial charge >= 0.3 is 0 Å². The van der Waals surface area contributed by atoms with Crippen LogP contribution in [0.25, 0.3) is 10.2 Å². The fourth-order valence-electron chi connectivity index (χ4n) is 2.39. The molecule has 5 nitrogen and oxygen atoms in total. The van der Waals surface area contributed by atoms with Crippen LogP contribution in [0.15, 0.2) is 11.4 Å². The third-order valence-corrected chi connectivity index (χ3v) is 4.29. The lowest BCUT2D eigenvalue weighted by Gasteiger charge is -2.29. The Morgan fingerprint density at radius 1 is 1.45 bits per heavy atom. The van der Waals surface area contributed by atoms with Crippen LogP contribution in [0.3, 0.4) is 0 Å². The summed E-state index contributed by atoms with van der Waals surface area (Å²) in [5.74, 6) is 0.821. The molecule has 1 aliphatic rings. The highest BCUT2D eigenvalue weighted by Crippen LogP contribution is 2.26. The third-order valence-electron chi connectivity index (χ3n) is 3.32. The number of aromatic nitrogens is 2. The Hall–Kier alpha value is -0.950. The van der Waals surface area contributed by atoms with Crippen molar-refractivity contribution in [3.05, 3.63) is 16.7 Å². The fourth-order valence-corrected chi connectivity index (χ4v) is 3.37. The zero-order valence-electron chi connectivity index (χ0n) is 11.3. The first-order valence-corrected chi connectivity index (χ1v) is 7.95. The van der Waals surface area contributed by atoms with Crippen LogP contribution in [-0.2, 0) is 4.74 Å². The lowest BCUT2D eigenvalue weighted by atomic mass is 10.2. The van der Waals surface area contributed by atoms with Gasteiger partial charge in [0.05, 0.1) is 18.6 Å². The second-order valence-electron chi connectivity index (χ2n) is 4.94. The number of fused-ring (bicyclic) bond motifs is 1. The number of hydrogen-bond acceptors (Lipinski definition) is 6. The first-order valence-electron chi connectivity index (χ1n) is 6.70. The number of nitrogens with zero attached hydrogens (tertiary/aromatic N) is 3. The van der Waals surface area contributed by atoms with E-state index in [0.29, 0.717) is 11.3 Å². The van der Waals surface area contributed by atoms with Crippen molar-refractivity contribution in [3.8, 4) is 0 Å². The van der Waals surface area contributed by atoms with Crippen LogP contribution in [0.2, 0.25) is 5.28 Å². The quantitative estimate of drug-likeness (QED) is 0.879. The number of thiophene rings is 1. The molecule has 1 N–H and O–H groups in total. The predicted octanol–water partition coefficient (Wildman–Crippen LogP) is 2.48. The number of nitrogens with one attached hydrogen (secondary N) is 1. The summed E-state index contributed by atoms with van der Waals surface area (Å²) in [6.07, 6.45) is 0. The van der Waals surface area contributed by atoms with Gasteiger partial charge < -0.3 is 10.1 Å². The summed E-state index contributed by atoms with van der Waals surface area (Å²) < 4.78 is 5.36. The minimum Gasteiger partial charge on any atom is -0.379 e. The molecule has 0 aromatic carbocycles. The van der Waals surface area contributed by atoms with E-state index in [0.717, 1.165) is 48.9 Å². The van der Waals surface area contributed by atoms with Gasteiger partial charge in [-0.1, -0.05) is 0 Å². The molecule has 3 heterocycles. The van der Waals surface area contributed by atoms with Crippen molar-refractivity contribution in [2.75, 3.05) is 38.2 Å². The van der Waals surface area contributed by atoms with Gasteiger partial charge in [-0.3, -0.25) is 4.90 Å². The van der Waals surface area contributed by atoms with Crippen molar-refractivity contribution < 1.29 is 4.74 Å². The largest absolute Gasteiger partial charge is 0.379 e. The van der Waals surface area contributed by atoms with E-state index >= 15 is 0 Å². The summed E-state index contributed by atoms with van der Waals surface area (Å²) in [6, 6.07) is 2.32. The summed E-state index contributed by atoms with van der Waals surface area (Å²) in [5.41, 5.74) is 0. The van der Waals surface area contributed by atoms with E-state index < -0.39 is 0 Å². The molecule has 0 bridgehead atoms. The lowest BCUT2D eigenvalue weighted by Crippen LogP contribution is -2.42. The lowest BCUT2D eigenvalue weighted by molar-refractivity contribution is 0.0368. The van der Waals surface area contributed by atoms with E-state index in [2.05, 4.69) is 27.1 Å². The van der Waals surface area contributed by atoms with Crippen molar-refractivity contribution in [1.29, 1.82) is 0 Å². The van der Waals surface area contributed by atoms with Crippen molar-refractivity contribution in [3.63, 3.8) is 0 Å². The molecular formula is C13H17ClN4OS. The van der Waals surface area contributed by atoms with E-state index in [-0.39, 0.29) is 0 Å². The van der Waals surface area contributed by atoms with Crippen LogP contribution in [-0.4, -0.2) is 53.8 Å². The highest BCUT2D eigenvalue weighted by molar-refractivity contribution is 7.16. The average Bonchev–Trinajstić information content (AvgIpc) is 2.88. The molecule has 3 rings (SSSR count). The number of hydrogen-bond donors (Lipinski definition) is 1. The molecule has 0 radical (unpaired) electrons. The number of anilines is 1. The normalized spacial score (nSPS) is 18.3. The SMILES string of the molecule is CC(CN1CCOCC1)Nc1nc(Cl)nc2sccc12. The van der Waals surface area contributed by atoms with Crippen LogP contribution in [0.5, 0.6) is 0 Å². The van der Waals surface area contributed by atoms with E-state index in [1.165, 1.54) is 0 Å². The third kappa shape index (κ3) is 3.20. The molecule has 7 heteroatoms. The highest BCUT2D eigenvalue weighted by atomic mass is 35.5. The van der Waals surface area contributed by atoms with Crippen LogP contribution < -0.4 is 5.32 Å². The minimum atomic E-state index is 0.293. The molecule has 0 spiro atoms. The van der Waals surface area contributed by atoms with E-state index in [1.54, 1.807) is 11.3 Å². The van der Waals surface area contributed by atoms with E-state index in [1.807, 2.05) is 11.4 Å². The maximum atomic E-state index is 5.97. The van der Waals surface area contributed by atoms with Crippen molar-refractivity contribution in [2.24, 2.45) is 0 Å². The average molecular weight is 313 g/mol. The van der Waals surface area contributed by atoms with Crippen LogP contribution in [0.4, 0.5) is 5.82 Å². The molecule has 20 heavy (non-hydrogen) atoms. The fraction of sp³-hybridized carbons (Fsp3) is 0.538. The molecule has 1 aliphatic heterocycles. The zero-order chi connectivity index (χ0) is 13.9. The first-order chi connectivity index (χ1) is 9.72. The monoisotopic (exact) mass is 312 g/mol. The Morgan fingerprint density at radius 3 is 3.05 bits per heavy atom. The number of ether oxygens (including phenoxy) is 1. The standard InChI is InChI=1S/C13H17ClN4OS/c1-9(8-18-3-5-19-6-4-18)15-11-10-2-7-20-12(10)17-13(14)16-11/h2,7,9H,3-6,8H2,1H3,(H,15,16,17). The number of halogens is 1. The highest BCUT2D eigenvalue weighted by Gasteiger charge is 2.15. The van der Waals surface area contributed by atoms with Gasteiger partial charge in [0, 0.05) is 25.7 Å². The van der Waals surface area contributed by atoms with E-state index in [9.17, 15) is 0 Å². The molecule has 1 atom stereocenters. The molecule has 2 aromatic heterocycles. The van der Waals surface area contributed by atoms with Gasteiger partial charge in [0.2, 0.25) is 5.28 Å². The minimum absolute atomic E-state index is 0.293. The maximum Gasteiger partial charge on any atom is 0.225 e. The number of morpholine rings is 1. The Labute approximate surface area is 126 Å². The molecule has 1 fully saturated rings. The summed E-state index contributed by atoms with van der Waals surface area (Å²) in [6.45, 7) is 6.75. The molecule has 1 saturated heterocycles. The molecule has 0 amide bonds. The topological polar surface area (TPSA) is 50.3 Å². The Morgan fingerprint density at radius 2 is 2.25 bits per heavy atom. The Balaban J connectivity index is 1.70. The van der Waals surface area contributed by atoms with Gasteiger partial charge in [0.15, 0.2) is 0 Å². The van der Waals surface area contributed by atoms with Gasteiger partial charge in [0.25, 0.3) is 0 Å². The molecular weight excluding hydrogens is 296 g/mol. The van der Waals surface area contributed by atoms with Crippen molar-refractivity contribution >= 4 is 39.0 Å². The van der Waals surface area contributed by atoms with Gasteiger partial charge in [-0.15, -0.1) is 11.3 Å². The van der Waals surface area contributed by atoms with Crippen LogP contribution in [0.1, 0.15) is 6.92 Å². The van der Waals surface area contributed by atoms with Gasteiger partial charge in [-0.05, 0) is 30.0 Å². The number of rotatable bonds is 4. The molecule has 0 aliphatic carbocycles. The summed E-state index contributed by atoms with van der Waals surface area (Å²) in [7, 11) is 0. The van der Waals surface area contributed by atoms with Crippen LogP contribution >= 0.6 is 22.9 Å². The summed E-state index contributed by atoms with van der Waals surface area (Å²) in [4.78, 5) is 11.9. The van der Waals surface area contributed by atoms with E-state index in [4.69, 9.17) is 16.3 Å². The Kier molecular flexibility index (Phi) is 4.35. The zero-order valence-corrected chi connectivity index (χ0v) is 12.9. The van der Waals surface area contributed by atoms with Crippen molar-refractivity contribution in [1.82, 2.24) is 14.9 Å². The second-order valence-corrected chi connectivity index (χ2v) is 6.17. The van der Waals surface area contributed by atoms with Crippen molar-refractivity contribution in [2.45, 2.75) is 13.0 Å². The van der Waals surface area contributed by atoms with Gasteiger partial charge in [-0.25, -0.2) is 9.97 Å². The van der Waals surface area contributed by atoms with Gasteiger partial charge in [-0.2, -0.15) is 0 Å². The maximum absolute atomic E-state index is 5.97. The molecule has 108 valence electrons. The predicted molar refractivity (Wildman–Crippen MR) is 82.8 cm³/mol. The summed E-state index contributed by atoms with van der Waals surface area (Å²) in [5, 5.41) is 6.78. The van der Waals surface area contributed by atoms with Gasteiger partial charge in [0.1, 0.15) is 10.6 Å².